The van der Waals surface area contributed by atoms with Crippen LogP contribution < -0.4 is 0 Å². The Morgan fingerprint density at radius 1 is 1.07 bits per heavy atom. The molecule has 1 saturated carbocycles. The molecule has 0 spiro atoms. The molecule has 0 N–H and O–H groups in total. The maximum absolute atomic E-state index is 12.8. The molecule has 30 heavy (non-hydrogen) atoms. The smallest absolute Gasteiger partial charge is 0.233 e. The van der Waals surface area contributed by atoms with Gasteiger partial charge in [0.25, 0.3) is 0 Å². The van der Waals surface area contributed by atoms with Gasteiger partial charge in [0.15, 0.2) is 5.16 Å². The molecule has 7 heteroatoms. The summed E-state index contributed by atoms with van der Waals surface area (Å²) in [7, 11) is 0. The van der Waals surface area contributed by atoms with Crippen LogP contribution in [0.3, 0.4) is 0 Å². The van der Waals surface area contributed by atoms with Crippen molar-refractivity contribution >= 4 is 29.0 Å². The molecule has 0 radical (unpaired) electrons. The number of piperazine rings is 1. The number of thiophene rings is 1. The fourth-order valence-corrected chi connectivity index (χ4v) is 5.65. The Morgan fingerprint density at radius 2 is 1.87 bits per heavy atom. The molecule has 2 aromatic heterocycles. The third-order valence-electron chi connectivity index (χ3n) is 5.75. The summed E-state index contributed by atoms with van der Waals surface area (Å²) in [5.41, 5.74) is 2.35. The van der Waals surface area contributed by atoms with Crippen molar-refractivity contribution in [2.24, 2.45) is 0 Å². The topological polar surface area (TPSA) is 41.4 Å². The highest BCUT2D eigenvalue weighted by Gasteiger charge is 2.29. The van der Waals surface area contributed by atoms with Crippen LogP contribution in [-0.4, -0.2) is 57.2 Å². The van der Waals surface area contributed by atoms with Crippen molar-refractivity contribution in [3.63, 3.8) is 0 Å². The Hall–Kier alpha value is -2.09. The van der Waals surface area contributed by atoms with Crippen molar-refractivity contribution < 1.29 is 4.79 Å². The summed E-state index contributed by atoms with van der Waals surface area (Å²) < 4.78 is 2.34. The fourth-order valence-electron chi connectivity index (χ4n) is 3.95. The Bertz CT molecular complexity index is 974. The van der Waals surface area contributed by atoms with E-state index in [2.05, 4.69) is 56.2 Å². The molecule has 1 amide bonds. The van der Waals surface area contributed by atoms with E-state index in [0.29, 0.717) is 11.8 Å². The molecule has 0 unspecified atom stereocenters. The minimum absolute atomic E-state index is 0.224. The Kier molecular flexibility index (Phi) is 5.93. The second-order valence-electron chi connectivity index (χ2n) is 7.92. The number of aromatic nitrogens is 2. The van der Waals surface area contributed by atoms with E-state index >= 15 is 0 Å². The first-order valence-corrected chi connectivity index (χ1v) is 12.4. The van der Waals surface area contributed by atoms with E-state index in [0.717, 1.165) is 43.6 Å². The normalized spacial score (nSPS) is 17.4. The number of benzene rings is 1. The lowest BCUT2D eigenvalue weighted by atomic mass is 10.2. The largest absolute Gasteiger partial charge is 0.339 e. The van der Waals surface area contributed by atoms with Gasteiger partial charge >= 0.3 is 0 Å². The summed E-state index contributed by atoms with van der Waals surface area (Å²) in [4.78, 5) is 23.3. The van der Waals surface area contributed by atoms with Crippen molar-refractivity contribution in [3.05, 3.63) is 58.9 Å². The SMILES string of the molecule is O=C(CSc1ncc(-c2ccccc2)n1C1CC1)N1CCN(Cc2cccs2)CC1. The monoisotopic (exact) mass is 438 g/mol. The molecule has 1 aliphatic heterocycles. The molecule has 5 nitrogen and oxygen atoms in total. The van der Waals surface area contributed by atoms with E-state index in [1.165, 1.54) is 23.3 Å². The third kappa shape index (κ3) is 4.48. The van der Waals surface area contributed by atoms with E-state index < -0.39 is 0 Å². The number of amides is 1. The van der Waals surface area contributed by atoms with Gasteiger partial charge in [-0.05, 0) is 29.9 Å². The van der Waals surface area contributed by atoms with Crippen LogP contribution in [0.2, 0.25) is 0 Å². The van der Waals surface area contributed by atoms with Crippen LogP contribution in [-0.2, 0) is 11.3 Å². The Morgan fingerprint density at radius 3 is 2.57 bits per heavy atom. The lowest BCUT2D eigenvalue weighted by Crippen LogP contribution is -2.48. The van der Waals surface area contributed by atoms with Crippen molar-refractivity contribution in [3.8, 4) is 11.3 Å². The maximum Gasteiger partial charge on any atom is 0.233 e. The van der Waals surface area contributed by atoms with Gasteiger partial charge in [-0.1, -0.05) is 48.2 Å². The summed E-state index contributed by atoms with van der Waals surface area (Å²) in [6.07, 6.45) is 4.36. The molecule has 0 atom stereocenters. The number of carbonyl (C=O) groups excluding carboxylic acids is 1. The van der Waals surface area contributed by atoms with Crippen molar-refractivity contribution in [1.82, 2.24) is 19.4 Å². The van der Waals surface area contributed by atoms with E-state index in [-0.39, 0.29) is 5.91 Å². The highest BCUT2D eigenvalue weighted by atomic mass is 32.2. The number of rotatable bonds is 7. The first kappa shape index (κ1) is 19.8. The van der Waals surface area contributed by atoms with E-state index in [1.807, 2.05) is 17.2 Å². The number of hydrogen-bond donors (Lipinski definition) is 0. The first-order valence-electron chi connectivity index (χ1n) is 10.6. The summed E-state index contributed by atoms with van der Waals surface area (Å²) in [5, 5.41) is 3.10. The van der Waals surface area contributed by atoms with Crippen LogP contribution in [0.5, 0.6) is 0 Å². The molecule has 1 saturated heterocycles. The average Bonchev–Trinajstić information content (AvgIpc) is 3.32. The van der Waals surface area contributed by atoms with E-state index in [9.17, 15) is 4.79 Å². The van der Waals surface area contributed by atoms with Gasteiger partial charge in [0.05, 0.1) is 17.6 Å². The quantitative estimate of drug-likeness (QED) is 0.513. The average molecular weight is 439 g/mol. The van der Waals surface area contributed by atoms with Gasteiger partial charge in [0.1, 0.15) is 0 Å². The summed E-state index contributed by atoms with van der Waals surface area (Å²) >= 11 is 3.39. The Balaban J connectivity index is 1.18. The van der Waals surface area contributed by atoms with E-state index in [1.54, 1.807) is 23.1 Å². The Labute approximate surface area is 185 Å². The van der Waals surface area contributed by atoms with Gasteiger partial charge in [-0.3, -0.25) is 9.69 Å². The predicted molar refractivity (Wildman–Crippen MR) is 123 cm³/mol. The second-order valence-corrected chi connectivity index (χ2v) is 9.89. The maximum atomic E-state index is 12.8. The van der Waals surface area contributed by atoms with Crippen LogP contribution in [0.1, 0.15) is 23.8 Å². The molecule has 156 valence electrons. The first-order chi connectivity index (χ1) is 14.8. The van der Waals surface area contributed by atoms with Crippen LogP contribution in [0, 0.1) is 0 Å². The number of nitrogens with zero attached hydrogens (tertiary/aromatic N) is 4. The molecular weight excluding hydrogens is 412 g/mol. The standard InChI is InChI=1S/C23H26N4OS2/c28-22(26-12-10-25(11-13-26)16-20-7-4-14-29-20)17-30-23-24-15-21(27(23)19-8-9-19)18-5-2-1-3-6-18/h1-7,14-15,19H,8-13,16-17H2. The zero-order valence-electron chi connectivity index (χ0n) is 16.9. The molecule has 1 aliphatic carbocycles. The summed E-state index contributed by atoms with van der Waals surface area (Å²) in [5.74, 6) is 0.686. The summed E-state index contributed by atoms with van der Waals surface area (Å²) in [6, 6.07) is 15.2. The number of thioether (sulfide) groups is 1. The van der Waals surface area contributed by atoms with Crippen molar-refractivity contribution in [1.29, 1.82) is 0 Å². The molecule has 2 fully saturated rings. The van der Waals surface area contributed by atoms with Gasteiger partial charge < -0.3 is 9.47 Å². The minimum Gasteiger partial charge on any atom is -0.339 e. The second kappa shape index (κ2) is 8.96. The van der Waals surface area contributed by atoms with E-state index in [4.69, 9.17) is 0 Å². The van der Waals surface area contributed by atoms with Crippen molar-refractivity contribution in [2.45, 2.75) is 30.6 Å². The molecule has 5 rings (SSSR count). The number of hydrogen-bond acceptors (Lipinski definition) is 5. The molecule has 3 aromatic rings. The van der Waals surface area contributed by atoms with Crippen LogP contribution in [0.25, 0.3) is 11.3 Å². The third-order valence-corrected chi connectivity index (χ3v) is 7.57. The molecule has 0 bridgehead atoms. The minimum atomic E-state index is 0.224. The highest BCUT2D eigenvalue weighted by molar-refractivity contribution is 7.99. The fraction of sp³-hybridized carbons (Fsp3) is 0.391. The zero-order chi connectivity index (χ0) is 20.3. The zero-order valence-corrected chi connectivity index (χ0v) is 18.6. The summed E-state index contributed by atoms with van der Waals surface area (Å²) in [6.45, 7) is 4.52. The van der Waals surface area contributed by atoms with Crippen LogP contribution in [0.4, 0.5) is 0 Å². The van der Waals surface area contributed by atoms with Gasteiger partial charge in [-0.25, -0.2) is 4.98 Å². The molecule has 2 aliphatic rings. The van der Waals surface area contributed by atoms with Crippen molar-refractivity contribution in [2.75, 3.05) is 31.9 Å². The lowest BCUT2D eigenvalue weighted by Gasteiger charge is -2.34. The van der Waals surface area contributed by atoms with Crippen LogP contribution >= 0.6 is 23.1 Å². The number of imidazole rings is 1. The predicted octanol–water partition coefficient (Wildman–Crippen LogP) is 4.38. The van der Waals surface area contributed by atoms with Gasteiger partial charge in [-0.2, -0.15) is 0 Å². The van der Waals surface area contributed by atoms with Gasteiger partial charge in [-0.15, -0.1) is 11.3 Å². The van der Waals surface area contributed by atoms with Gasteiger partial charge in [0, 0.05) is 43.6 Å². The molecule has 1 aromatic carbocycles. The molecule has 3 heterocycles. The lowest BCUT2D eigenvalue weighted by molar-refractivity contribution is -0.130. The number of carbonyl (C=O) groups is 1. The molecular formula is C23H26N4OS2. The van der Waals surface area contributed by atoms with Crippen LogP contribution in [0.15, 0.2) is 59.2 Å². The highest BCUT2D eigenvalue weighted by Crippen LogP contribution is 2.41. The van der Waals surface area contributed by atoms with Gasteiger partial charge in [0.2, 0.25) is 5.91 Å².